The summed E-state index contributed by atoms with van der Waals surface area (Å²) in [5.74, 6) is 0.635. The van der Waals surface area contributed by atoms with Crippen LogP contribution in [0.15, 0.2) is 30.3 Å². The first-order chi connectivity index (χ1) is 13.0. The van der Waals surface area contributed by atoms with Crippen molar-refractivity contribution in [2.45, 2.75) is 39.9 Å². The Morgan fingerprint density at radius 3 is 2.63 bits per heavy atom. The van der Waals surface area contributed by atoms with Crippen LogP contribution in [0.3, 0.4) is 0 Å². The number of rotatable bonds is 3. The molecule has 0 aliphatic carbocycles. The van der Waals surface area contributed by atoms with E-state index in [1.165, 1.54) is 5.69 Å². The van der Waals surface area contributed by atoms with E-state index in [0.29, 0.717) is 17.4 Å². The van der Waals surface area contributed by atoms with Crippen LogP contribution in [0.5, 0.6) is 5.75 Å². The second-order valence-electron chi connectivity index (χ2n) is 6.97. The minimum Gasteiger partial charge on any atom is -0.495 e. The summed E-state index contributed by atoms with van der Waals surface area (Å²) in [6, 6.07) is 9.86. The smallest absolute Gasteiger partial charge is 0.139 e. The molecule has 0 N–H and O–H groups in total. The Morgan fingerprint density at radius 1 is 1.19 bits per heavy atom. The summed E-state index contributed by atoms with van der Waals surface area (Å²) in [5.41, 5.74) is 7.19. The Bertz CT molecular complexity index is 993. The van der Waals surface area contributed by atoms with Crippen LogP contribution in [0.4, 0.5) is 0 Å². The van der Waals surface area contributed by atoms with E-state index in [9.17, 15) is 0 Å². The van der Waals surface area contributed by atoms with Crippen molar-refractivity contribution in [1.82, 2.24) is 14.8 Å². The lowest BCUT2D eigenvalue weighted by Crippen LogP contribution is -2.21. The van der Waals surface area contributed by atoms with Crippen LogP contribution >= 0.6 is 11.6 Å². The predicted octanol–water partition coefficient (Wildman–Crippen LogP) is 4.67. The highest BCUT2D eigenvalue weighted by molar-refractivity contribution is 6.32. The van der Waals surface area contributed by atoms with Gasteiger partial charge < -0.3 is 9.47 Å². The molecule has 0 saturated heterocycles. The van der Waals surface area contributed by atoms with E-state index in [4.69, 9.17) is 26.2 Å². The Hall–Kier alpha value is -2.37. The predicted molar refractivity (Wildman–Crippen MR) is 106 cm³/mol. The minimum absolute atomic E-state index is 0.149. The lowest BCUT2D eigenvalue weighted by molar-refractivity contribution is 0.0401. The largest absolute Gasteiger partial charge is 0.495 e. The van der Waals surface area contributed by atoms with Gasteiger partial charge in [0.15, 0.2) is 0 Å². The molecule has 1 aromatic carbocycles. The molecule has 5 nitrogen and oxygen atoms in total. The maximum absolute atomic E-state index is 6.20. The van der Waals surface area contributed by atoms with Crippen molar-refractivity contribution < 1.29 is 9.47 Å². The molecule has 1 atom stereocenters. The summed E-state index contributed by atoms with van der Waals surface area (Å²) in [4.78, 5) is 4.48. The highest BCUT2D eigenvalue weighted by Crippen LogP contribution is 2.34. The van der Waals surface area contributed by atoms with Crippen LogP contribution in [0.25, 0.3) is 16.9 Å². The summed E-state index contributed by atoms with van der Waals surface area (Å²) >= 11 is 6.20. The van der Waals surface area contributed by atoms with Crippen molar-refractivity contribution in [1.29, 1.82) is 0 Å². The minimum atomic E-state index is 0.149. The van der Waals surface area contributed by atoms with Gasteiger partial charge in [0.1, 0.15) is 5.75 Å². The molecular formula is C21H22ClN3O2. The Morgan fingerprint density at radius 2 is 1.93 bits per heavy atom. The summed E-state index contributed by atoms with van der Waals surface area (Å²) in [5, 5.41) is 5.55. The summed E-state index contributed by atoms with van der Waals surface area (Å²) in [7, 11) is 1.62. The Kier molecular flexibility index (Phi) is 4.66. The van der Waals surface area contributed by atoms with Gasteiger partial charge in [0.2, 0.25) is 0 Å². The third-order valence-corrected chi connectivity index (χ3v) is 5.13. The van der Waals surface area contributed by atoms with Gasteiger partial charge in [-0.25, -0.2) is 4.68 Å². The first-order valence-corrected chi connectivity index (χ1v) is 9.36. The number of hydrogen-bond donors (Lipinski definition) is 0. The molecule has 140 valence electrons. The molecule has 0 unspecified atom stereocenters. The average molecular weight is 384 g/mol. The van der Waals surface area contributed by atoms with Gasteiger partial charge in [-0.15, -0.1) is 0 Å². The van der Waals surface area contributed by atoms with Gasteiger partial charge in [-0.2, -0.15) is 5.10 Å². The Labute approximate surface area is 163 Å². The highest BCUT2D eigenvalue weighted by atomic mass is 35.5. The van der Waals surface area contributed by atoms with E-state index >= 15 is 0 Å². The van der Waals surface area contributed by atoms with Gasteiger partial charge in [-0.1, -0.05) is 11.6 Å². The number of ether oxygens (including phenoxy) is 2. The maximum atomic E-state index is 6.20. The number of fused-ring (bicyclic) bond motifs is 1. The van der Waals surface area contributed by atoms with E-state index < -0.39 is 0 Å². The lowest BCUT2D eigenvalue weighted by Gasteiger charge is -2.21. The van der Waals surface area contributed by atoms with E-state index in [-0.39, 0.29) is 6.10 Å². The molecule has 0 saturated carbocycles. The van der Waals surface area contributed by atoms with Crippen LogP contribution in [-0.2, 0) is 17.8 Å². The molecular weight excluding hydrogens is 362 g/mol. The van der Waals surface area contributed by atoms with E-state index in [1.54, 1.807) is 7.11 Å². The van der Waals surface area contributed by atoms with Gasteiger partial charge in [0.05, 0.1) is 41.9 Å². The monoisotopic (exact) mass is 383 g/mol. The fourth-order valence-corrected chi connectivity index (χ4v) is 3.80. The molecule has 0 radical (unpaired) electrons. The van der Waals surface area contributed by atoms with Gasteiger partial charge >= 0.3 is 0 Å². The number of aryl methyl sites for hydroxylation is 2. The first kappa shape index (κ1) is 18.0. The van der Waals surface area contributed by atoms with Crippen LogP contribution in [0.1, 0.15) is 29.6 Å². The molecule has 0 bridgehead atoms. The molecule has 0 amide bonds. The zero-order valence-electron chi connectivity index (χ0n) is 15.9. The number of nitrogens with zero attached hydrogens (tertiary/aromatic N) is 3. The van der Waals surface area contributed by atoms with Crippen LogP contribution in [0.2, 0.25) is 5.02 Å². The number of aromatic nitrogens is 3. The van der Waals surface area contributed by atoms with E-state index in [1.807, 2.05) is 36.7 Å². The quantitative estimate of drug-likeness (QED) is 0.659. The van der Waals surface area contributed by atoms with Crippen LogP contribution < -0.4 is 4.74 Å². The van der Waals surface area contributed by atoms with E-state index in [2.05, 4.69) is 24.0 Å². The zero-order chi connectivity index (χ0) is 19.1. The topological polar surface area (TPSA) is 49.2 Å². The molecule has 6 heteroatoms. The normalized spacial score (nSPS) is 16.3. The van der Waals surface area contributed by atoms with E-state index in [0.717, 1.165) is 40.3 Å². The van der Waals surface area contributed by atoms with Crippen molar-refractivity contribution in [3.05, 3.63) is 58.0 Å². The molecule has 3 heterocycles. The summed E-state index contributed by atoms with van der Waals surface area (Å²) in [6.45, 7) is 6.64. The SMILES string of the molecule is COc1cc(-n2nc(-c3cc(C)nc(C)c3)c3c2C[C@@H](C)OC3)ccc1Cl. The first-order valence-electron chi connectivity index (χ1n) is 8.98. The van der Waals surface area contributed by atoms with Crippen LogP contribution in [0, 0.1) is 13.8 Å². The molecule has 27 heavy (non-hydrogen) atoms. The Balaban J connectivity index is 1.91. The summed E-state index contributed by atoms with van der Waals surface area (Å²) < 4.78 is 13.3. The van der Waals surface area contributed by atoms with Crippen molar-refractivity contribution in [3.8, 4) is 22.7 Å². The molecule has 0 spiro atoms. The lowest BCUT2D eigenvalue weighted by atomic mass is 10.0. The number of halogens is 1. The average Bonchev–Trinajstić information content (AvgIpc) is 3.00. The number of benzene rings is 1. The third kappa shape index (κ3) is 3.33. The molecule has 4 rings (SSSR count). The van der Waals surface area contributed by atoms with Crippen molar-refractivity contribution in [2.24, 2.45) is 0 Å². The molecule has 2 aromatic heterocycles. The zero-order valence-corrected chi connectivity index (χ0v) is 16.7. The molecule has 1 aliphatic rings. The fourth-order valence-electron chi connectivity index (χ4n) is 3.60. The highest BCUT2D eigenvalue weighted by Gasteiger charge is 2.26. The van der Waals surface area contributed by atoms with Gasteiger partial charge in [-0.05, 0) is 45.0 Å². The second-order valence-corrected chi connectivity index (χ2v) is 7.38. The molecule has 0 fully saturated rings. The van der Waals surface area contributed by atoms with Gasteiger partial charge in [-0.3, -0.25) is 4.98 Å². The summed E-state index contributed by atoms with van der Waals surface area (Å²) in [6.07, 6.45) is 0.951. The van der Waals surface area contributed by atoms with Crippen LogP contribution in [-0.4, -0.2) is 28.0 Å². The van der Waals surface area contributed by atoms with Gasteiger partial charge in [0.25, 0.3) is 0 Å². The number of methoxy groups -OCH3 is 1. The fraction of sp³-hybridized carbons (Fsp3) is 0.333. The van der Waals surface area contributed by atoms with Crippen molar-refractivity contribution >= 4 is 11.6 Å². The van der Waals surface area contributed by atoms with Crippen molar-refractivity contribution in [2.75, 3.05) is 7.11 Å². The molecule has 3 aromatic rings. The third-order valence-electron chi connectivity index (χ3n) is 4.82. The van der Waals surface area contributed by atoms with Crippen molar-refractivity contribution in [3.63, 3.8) is 0 Å². The molecule has 1 aliphatic heterocycles. The second kappa shape index (κ2) is 6.98. The van der Waals surface area contributed by atoms with Gasteiger partial charge in [0, 0.05) is 35.0 Å². The number of hydrogen-bond acceptors (Lipinski definition) is 4. The standard InChI is InChI=1S/C21H22ClN3O2/c1-12-7-15(8-13(2)23-12)21-17-11-27-14(3)9-19(17)25(24-21)16-5-6-18(22)20(10-16)26-4/h5-8,10,14H,9,11H2,1-4H3/t14-/m1/s1. The number of pyridine rings is 1. The maximum Gasteiger partial charge on any atom is 0.139 e.